The van der Waals surface area contributed by atoms with Gasteiger partial charge in [-0.3, -0.25) is 4.79 Å². The van der Waals surface area contributed by atoms with Crippen LogP contribution in [0.3, 0.4) is 0 Å². The fraction of sp³-hybridized carbons (Fsp3) is 0.280. The van der Waals surface area contributed by atoms with Gasteiger partial charge in [-0.1, -0.05) is 51.1 Å². The summed E-state index contributed by atoms with van der Waals surface area (Å²) in [5.74, 6) is 0.699. The number of carbonyl (C=O) groups excluding carboxylic acids is 1. The number of rotatable bonds is 3. The van der Waals surface area contributed by atoms with E-state index in [1.807, 2.05) is 29.2 Å². The molecule has 0 radical (unpaired) electrons. The molecule has 162 valence electrons. The number of hydrogen-bond acceptors (Lipinski definition) is 4. The third kappa shape index (κ3) is 3.49. The number of aromatic nitrogens is 5. The van der Waals surface area contributed by atoms with Crippen molar-refractivity contribution in [2.45, 2.75) is 38.6 Å². The zero-order valence-electron chi connectivity index (χ0n) is 18.5. The number of imidazole rings is 1. The van der Waals surface area contributed by atoms with Crippen molar-refractivity contribution in [2.75, 3.05) is 6.54 Å². The molecule has 1 atom stereocenters. The van der Waals surface area contributed by atoms with E-state index in [0.29, 0.717) is 24.2 Å². The van der Waals surface area contributed by atoms with Crippen molar-refractivity contribution in [3.8, 4) is 5.69 Å². The van der Waals surface area contributed by atoms with Crippen molar-refractivity contribution >= 4 is 16.9 Å². The van der Waals surface area contributed by atoms with E-state index in [2.05, 4.69) is 60.7 Å². The number of likely N-dealkylation sites (tertiary alicyclic amines) is 1. The Balaban J connectivity index is 1.52. The lowest BCUT2D eigenvalue weighted by Crippen LogP contribution is -2.32. The Bertz CT molecular complexity index is 1310. The third-order valence-corrected chi connectivity index (χ3v) is 5.96. The Morgan fingerprint density at radius 3 is 2.62 bits per heavy atom. The van der Waals surface area contributed by atoms with E-state index in [1.165, 1.54) is 10.4 Å². The second-order valence-electron chi connectivity index (χ2n) is 9.34. The van der Waals surface area contributed by atoms with Crippen LogP contribution in [0.2, 0.25) is 0 Å². The Labute approximate surface area is 186 Å². The first-order chi connectivity index (χ1) is 15.3. The van der Waals surface area contributed by atoms with Crippen LogP contribution in [-0.2, 0) is 5.41 Å². The molecule has 7 heteroatoms. The van der Waals surface area contributed by atoms with Crippen LogP contribution >= 0.6 is 0 Å². The Kier molecular flexibility index (Phi) is 4.69. The molecule has 0 bridgehead atoms. The first kappa shape index (κ1) is 20.2. The topological polar surface area (TPSA) is 79.7 Å². The zero-order valence-corrected chi connectivity index (χ0v) is 18.5. The third-order valence-electron chi connectivity index (χ3n) is 5.96. The minimum Gasteiger partial charge on any atom is -0.340 e. The summed E-state index contributed by atoms with van der Waals surface area (Å²) in [4.78, 5) is 25.3. The van der Waals surface area contributed by atoms with Crippen LogP contribution in [0.25, 0.3) is 16.7 Å². The van der Waals surface area contributed by atoms with Crippen LogP contribution in [0.15, 0.2) is 67.0 Å². The van der Waals surface area contributed by atoms with E-state index in [1.54, 1.807) is 12.4 Å². The molecule has 2 aromatic heterocycles. The maximum absolute atomic E-state index is 13.7. The van der Waals surface area contributed by atoms with Gasteiger partial charge in [0.25, 0.3) is 5.91 Å². The van der Waals surface area contributed by atoms with Gasteiger partial charge in [-0.05, 0) is 41.7 Å². The molecule has 1 amide bonds. The summed E-state index contributed by atoms with van der Waals surface area (Å²) < 4.78 is 0. The minimum atomic E-state index is -0.195. The number of fused-ring (bicyclic) bond motifs is 1. The average Bonchev–Trinajstić information content (AvgIpc) is 3.51. The molecule has 32 heavy (non-hydrogen) atoms. The number of benzene rings is 2. The Morgan fingerprint density at radius 2 is 1.88 bits per heavy atom. The zero-order chi connectivity index (χ0) is 22.5. The Hall–Kier alpha value is -3.74. The number of nitrogens with zero attached hydrogens (tertiary/aromatic N) is 5. The van der Waals surface area contributed by atoms with Gasteiger partial charge < -0.3 is 9.88 Å². The molecule has 7 nitrogen and oxygen atoms in total. The molecule has 0 saturated carbocycles. The molecule has 0 aliphatic carbocycles. The van der Waals surface area contributed by atoms with Gasteiger partial charge in [0.05, 0.1) is 40.7 Å². The van der Waals surface area contributed by atoms with E-state index >= 15 is 0 Å². The number of H-pyrrole nitrogens is 1. The summed E-state index contributed by atoms with van der Waals surface area (Å²) in [7, 11) is 0. The molecule has 1 N–H and O–H groups in total. The van der Waals surface area contributed by atoms with Gasteiger partial charge in [-0.15, -0.1) is 0 Å². The van der Waals surface area contributed by atoms with E-state index < -0.39 is 0 Å². The molecule has 1 saturated heterocycles. The normalized spacial score (nSPS) is 16.8. The summed E-state index contributed by atoms with van der Waals surface area (Å²) in [6.07, 6.45) is 3.88. The summed E-state index contributed by atoms with van der Waals surface area (Å²) in [6, 6.07) is 13.5. The van der Waals surface area contributed by atoms with Gasteiger partial charge in [-0.2, -0.15) is 15.0 Å². The van der Waals surface area contributed by atoms with E-state index in [9.17, 15) is 4.79 Å². The van der Waals surface area contributed by atoms with Gasteiger partial charge in [-0.25, -0.2) is 4.98 Å². The summed E-state index contributed by atoms with van der Waals surface area (Å²) in [6.45, 7) is 11.2. The predicted octanol–water partition coefficient (Wildman–Crippen LogP) is 4.58. The fourth-order valence-corrected chi connectivity index (χ4v) is 4.23. The first-order valence-electron chi connectivity index (χ1n) is 10.7. The van der Waals surface area contributed by atoms with Crippen molar-refractivity contribution < 1.29 is 4.79 Å². The summed E-state index contributed by atoms with van der Waals surface area (Å²) in [5.41, 5.74) is 5.37. The number of carbonyl (C=O) groups is 1. The van der Waals surface area contributed by atoms with Crippen LogP contribution in [0.5, 0.6) is 0 Å². The summed E-state index contributed by atoms with van der Waals surface area (Å²) in [5, 5.41) is 8.41. The van der Waals surface area contributed by atoms with Crippen molar-refractivity contribution in [1.82, 2.24) is 29.9 Å². The molecule has 2 aromatic carbocycles. The maximum atomic E-state index is 13.7. The number of nitrogens with one attached hydrogen (secondary N) is 1. The van der Waals surface area contributed by atoms with E-state index in [4.69, 9.17) is 4.98 Å². The predicted molar refractivity (Wildman–Crippen MR) is 124 cm³/mol. The first-order valence-corrected chi connectivity index (χ1v) is 10.7. The molecule has 1 unspecified atom stereocenters. The lowest BCUT2D eigenvalue weighted by molar-refractivity contribution is 0.0732. The molecule has 0 spiro atoms. The quantitative estimate of drug-likeness (QED) is 0.486. The van der Waals surface area contributed by atoms with Gasteiger partial charge in [0.1, 0.15) is 5.82 Å². The van der Waals surface area contributed by atoms with E-state index in [-0.39, 0.29) is 17.4 Å². The van der Waals surface area contributed by atoms with Crippen LogP contribution in [0.4, 0.5) is 0 Å². The second-order valence-corrected chi connectivity index (χ2v) is 9.34. The van der Waals surface area contributed by atoms with Crippen molar-refractivity contribution in [2.24, 2.45) is 0 Å². The highest BCUT2D eigenvalue weighted by Crippen LogP contribution is 2.36. The van der Waals surface area contributed by atoms with E-state index in [0.717, 1.165) is 22.4 Å². The molecular weight excluding hydrogens is 400 g/mol. The molecular formula is C25H26N6O. The second kappa shape index (κ2) is 7.44. The monoisotopic (exact) mass is 426 g/mol. The van der Waals surface area contributed by atoms with Crippen LogP contribution < -0.4 is 0 Å². The smallest absolute Gasteiger partial charge is 0.257 e. The van der Waals surface area contributed by atoms with Crippen LogP contribution in [0, 0.1) is 0 Å². The lowest BCUT2D eigenvalue weighted by atomic mass is 9.87. The molecule has 1 fully saturated rings. The lowest BCUT2D eigenvalue weighted by Gasteiger charge is -2.23. The standard InChI is InChI=1S/C25H26N6O/c1-16-13-22(23-28-19-10-9-17(25(2,3)4)14-20(19)29-23)30(15-16)24(32)18-7-5-6-8-21(18)31-26-11-12-27-31/h5-12,14,22H,1,13,15H2,2-4H3,(H,28,29). The van der Waals surface area contributed by atoms with Gasteiger partial charge in [0, 0.05) is 6.54 Å². The van der Waals surface area contributed by atoms with Gasteiger partial charge in [0.2, 0.25) is 0 Å². The maximum Gasteiger partial charge on any atom is 0.257 e. The number of amides is 1. The molecule has 1 aliphatic heterocycles. The van der Waals surface area contributed by atoms with Crippen molar-refractivity contribution in [3.63, 3.8) is 0 Å². The molecule has 3 heterocycles. The highest BCUT2D eigenvalue weighted by molar-refractivity contribution is 5.98. The molecule has 5 rings (SSSR count). The van der Waals surface area contributed by atoms with Crippen molar-refractivity contribution in [1.29, 1.82) is 0 Å². The minimum absolute atomic E-state index is 0.0429. The van der Waals surface area contributed by atoms with Crippen LogP contribution in [-0.4, -0.2) is 42.3 Å². The number of para-hydroxylation sites is 1. The molecule has 4 aromatic rings. The fourth-order valence-electron chi connectivity index (χ4n) is 4.23. The van der Waals surface area contributed by atoms with Gasteiger partial charge >= 0.3 is 0 Å². The Morgan fingerprint density at radius 1 is 1.12 bits per heavy atom. The highest BCUT2D eigenvalue weighted by atomic mass is 16.2. The summed E-state index contributed by atoms with van der Waals surface area (Å²) >= 11 is 0. The van der Waals surface area contributed by atoms with Crippen LogP contribution in [0.1, 0.15) is 55.0 Å². The SMILES string of the molecule is C=C1CC(c2nc3cc(C(C)(C)C)ccc3[nH]2)N(C(=O)c2ccccc2-n2nccn2)C1. The number of hydrogen-bond donors (Lipinski definition) is 1. The van der Waals surface area contributed by atoms with Crippen molar-refractivity contribution in [3.05, 3.63) is 84.0 Å². The largest absolute Gasteiger partial charge is 0.340 e. The average molecular weight is 427 g/mol. The highest BCUT2D eigenvalue weighted by Gasteiger charge is 2.35. The number of aromatic amines is 1. The van der Waals surface area contributed by atoms with Gasteiger partial charge in [0.15, 0.2) is 0 Å². The molecule has 1 aliphatic rings.